The molecule has 0 bridgehead atoms. The molecule has 0 aliphatic heterocycles. The van der Waals surface area contributed by atoms with Gasteiger partial charge in [-0.15, -0.1) is 0 Å². The van der Waals surface area contributed by atoms with Gasteiger partial charge in [-0.1, -0.05) is 24.3 Å². The zero-order valence-corrected chi connectivity index (χ0v) is 18.6. The maximum atomic E-state index is 11.9. The Labute approximate surface area is 170 Å². The molecule has 0 fully saturated rings. The standard InChI is InChI=1S/C21H36BNO5/c1-19(2,3)27-18(24)23(8)15-9-10-16-11-13-17(14-12-16)22(26)28-21(6,7)20(4,5)25/h11-14,25-26H,9-10,15H2,1-8H3. The number of rotatable bonds is 8. The van der Waals surface area contributed by atoms with Gasteiger partial charge in [-0.3, -0.25) is 0 Å². The lowest BCUT2D eigenvalue weighted by molar-refractivity contribution is -0.0982. The van der Waals surface area contributed by atoms with Gasteiger partial charge in [-0.25, -0.2) is 4.79 Å². The van der Waals surface area contributed by atoms with E-state index in [9.17, 15) is 14.9 Å². The van der Waals surface area contributed by atoms with Gasteiger partial charge < -0.3 is 24.4 Å². The molecule has 0 aliphatic rings. The Balaban J connectivity index is 2.54. The average Bonchev–Trinajstić information content (AvgIpc) is 2.52. The van der Waals surface area contributed by atoms with E-state index in [-0.39, 0.29) is 6.09 Å². The van der Waals surface area contributed by atoms with Crippen LogP contribution in [-0.4, -0.2) is 58.6 Å². The fourth-order valence-corrected chi connectivity index (χ4v) is 2.29. The molecule has 28 heavy (non-hydrogen) atoms. The molecule has 1 amide bonds. The second-order valence-electron chi connectivity index (χ2n) is 9.29. The largest absolute Gasteiger partial charge is 0.491 e. The third kappa shape index (κ3) is 7.82. The van der Waals surface area contributed by atoms with Crippen LogP contribution in [-0.2, 0) is 15.8 Å². The lowest BCUT2D eigenvalue weighted by Crippen LogP contribution is -2.53. The first-order valence-electron chi connectivity index (χ1n) is 9.73. The average molecular weight is 393 g/mol. The Morgan fingerprint density at radius 2 is 1.61 bits per heavy atom. The predicted octanol–water partition coefficient (Wildman–Crippen LogP) is 2.74. The van der Waals surface area contributed by atoms with Gasteiger partial charge in [0.1, 0.15) is 5.60 Å². The molecule has 0 saturated heterocycles. The predicted molar refractivity (Wildman–Crippen MR) is 113 cm³/mol. The van der Waals surface area contributed by atoms with Crippen molar-refractivity contribution in [3.8, 4) is 0 Å². The fourth-order valence-electron chi connectivity index (χ4n) is 2.29. The first kappa shape index (κ1) is 24.5. The van der Waals surface area contributed by atoms with E-state index in [2.05, 4.69) is 0 Å². The van der Waals surface area contributed by atoms with Crippen molar-refractivity contribution in [3.63, 3.8) is 0 Å². The molecule has 2 N–H and O–H groups in total. The van der Waals surface area contributed by atoms with Crippen LogP contribution in [0.2, 0.25) is 0 Å². The van der Waals surface area contributed by atoms with Gasteiger partial charge in [0.2, 0.25) is 0 Å². The van der Waals surface area contributed by atoms with E-state index < -0.39 is 23.9 Å². The molecular formula is C21H36BNO5. The summed E-state index contributed by atoms with van der Waals surface area (Å²) in [6.45, 7) is 12.9. The van der Waals surface area contributed by atoms with Crippen LogP contribution in [0.5, 0.6) is 0 Å². The fraction of sp³-hybridized carbons (Fsp3) is 0.667. The number of hydrogen-bond donors (Lipinski definition) is 2. The summed E-state index contributed by atoms with van der Waals surface area (Å²) in [7, 11) is 0.615. The molecular weight excluding hydrogens is 357 g/mol. The van der Waals surface area contributed by atoms with E-state index in [0.717, 1.165) is 18.4 Å². The van der Waals surface area contributed by atoms with E-state index in [1.807, 2.05) is 45.0 Å². The van der Waals surface area contributed by atoms with Crippen molar-refractivity contribution >= 4 is 18.7 Å². The number of carbonyl (C=O) groups is 1. The number of ether oxygens (including phenoxy) is 1. The minimum Gasteiger partial charge on any atom is -0.444 e. The van der Waals surface area contributed by atoms with Crippen LogP contribution in [0.4, 0.5) is 4.79 Å². The zero-order chi connectivity index (χ0) is 21.8. The van der Waals surface area contributed by atoms with E-state index in [0.29, 0.717) is 12.0 Å². The molecule has 0 atom stereocenters. The Bertz CT molecular complexity index is 632. The first-order chi connectivity index (χ1) is 12.6. The van der Waals surface area contributed by atoms with Gasteiger partial charge in [-0.05, 0) is 72.3 Å². The van der Waals surface area contributed by atoms with Crippen molar-refractivity contribution < 1.29 is 24.3 Å². The highest BCUT2D eigenvalue weighted by atomic mass is 16.6. The SMILES string of the molecule is CN(CCCc1ccc(B(O)OC(C)(C)C(C)(C)O)cc1)C(=O)OC(C)(C)C. The number of carbonyl (C=O) groups excluding carboxylic acids is 1. The lowest BCUT2D eigenvalue weighted by atomic mass is 9.76. The summed E-state index contributed by atoms with van der Waals surface area (Å²) in [5.41, 5.74) is -0.753. The van der Waals surface area contributed by atoms with E-state index >= 15 is 0 Å². The van der Waals surface area contributed by atoms with Crippen LogP contribution < -0.4 is 5.46 Å². The molecule has 7 heteroatoms. The molecule has 0 aromatic heterocycles. The Kier molecular flexibility index (Phi) is 8.12. The van der Waals surface area contributed by atoms with Crippen LogP contribution >= 0.6 is 0 Å². The zero-order valence-electron chi connectivity index (χ0n) is 18.6. The maximum absolute atomic E-state index is 11.9. The molecule has 0 aliphatic carbocycles. The van der Waals surface area contributed by atoms with Crippen molar-refractivity contribution in [2.45, 2.75) is 78.1 Å². The smallest absolute Gasteiger partial charge is 0.444 e. The molecule has 1 aromatic rings. The number of hydrogen-bond acceptors (Lipinski definition) is 5. The quantitative estimate of drug-likeness (QED) is 0.664. The van der Waals surface area contributed by atoms with E-state index in [1.165, 1.54) is 0 Å². The first-order valence-corrected chi connectivity index (χ1v) is 9.73. The topological polar surface area (TPSA) is 79.2 Å². The summed E-state index contributed by atoms with van der Waals surface area (Å²) in [4.78, 5) is 13.5. The van der Waals surface area contributed by atoms with E-state index in [4.69, 9.17) is 9.39 Å². The Morgan fingerprint density at radius 3 is 2.07 bits per heavy atom. The van der Waals surface area contributed by atoms with E-state index in [1.54, 1.807) is 39.6 Å². The van der Waals surface area contributed by atoms with Gasteiger partial charge in [0.25, 0.3) is 0 Å². The van der Waals surface area contributed by atoms with Crippen LogP contribution in [0.15, 0.2) is 24.3 Å². The third-order valence-electron chi connectivity index (χ3n) is 4.81. The summed E-state index contributed by atoms with van der Waals surface area (Å²) in [5.74, 6) is 0. The molecule has 0 saturated carbocycles. The van der Waals surface area contributed by atoms with Crippen molar-refractivity contribution in [1.29, 1.82) is 0 Å². The molecule has 6 nitrogen and oxygen atoms in total. The van der Waals surface area contributed by atoms with Crippen LogP contribution in [0.25, 0.3) is 0 Å². The van der Waals surface area contributed by atoms with Crippen LogP contribution in [0.3, 0.4) is 0 Å². The van der Waals surface area contributed by atoms with Crippen molar-refractivity contribution in [2.75, 3.05) is 13.6 Å². The highest BCUT2D eigenvalue weighted by Crippen LogP contribution is 2.25. The summed E-state index contributed by atoms with van der Waals surface area (Å²) >= 11 is 0. The van der Waals surface area contributed by atoms with Gasteiger partial charge in [0.05, 0.1) is 11.2 Å². The van der Waals surface area contributed by atoms with Gasteiger partial charge in [-0.2, -0.15) is 0 Å². The third-order valence-corrected chi connectivity index (χ3v) is 4.81. The van der Waals surface area contributed by atoms with Crippen molar-refractivity contribution in [1.82, 2.24) is 4.90 Å². The minimum atomic E-state index is -1.12. The summed E-state index contributed by atoms with van der Waals surface area (Å²) in [6.07, 6.45) is 1.29. The number of amides is 1. The van der Waals surface area contributed by atoms with Gasteiger partial charge in [0.15, 0.2) is 0 Å². The van der Waals surface area contributed by atoms with Crippen LogP contribution in [0, 0.1) is 0 Å². The highest BCUT2D eigenvalue weighted by molar-refractivity contribution is 6.60. The van der Waals surface area contributed by atoms with Crippen LogP contribution in [0.1, 0.15) is 60.5 Å². The van der Waals surface area contributed by atoms with Crippen molar-refractivity contribution in [2.24, 2.45) is 0 Å². The minimum absolute atomic E-state index is 0.322. The second-order valence-corrected chi connectivity index (χ2v) is 9.29. The molecule has 0 heterocycles. The number of nitrogens with zero attached hydrogens (tertiary/aromatic N) is 1. The molecule has 0 spiro atoms. The molecule has 1 rings (SSSR count). The molecule has 1 aromatic carbocycles. The maximum Gasteiger partial charge on any atom is 0.491 e. The molecule has 158 valence electrons. The summed E-state index contributed by atoms with van der Waals surface area (Å²) in [5, 5.41) is 20.5. The number of benzene rings is 1. The van der Waals surface area contributed by atoms with Crippen molar-refractivity contribution in [3.05, 3.63) is 29.8 Å². The Hall–Kier alpha value is -1.57. The molecule has 0 unspecified atom stereocenters. The lowest BCUT2D eigenvalue weighted by Gasteiger charge is -2.38. The number of aryl methyl sites for hydroxylation is 1. The van der Waals surface area contributed by atoms with Gasteiger partial charge >= 0.3 is 13.2 Å². The highest BCUT2D eigenvalue weighted by Gasteiger charge is 2.39. The summed E-state index contributed by atoms with van der Waals surface area (Å²) in [6, 6.07) is 7.51. The Morgan fingerprint density at radius 1 is 1.07 bits per heavy atom. The summed E-state index contributed by atoms with van der Waals surface area (Å²) < 4.78 is 11.0. The monoisotopic (exact) mass is 393 g/mol. The van der Waals surface area contributed by atoms with Gasteiger partial charge in [0, 0.05) is 13.6 Å². The normalized spacial score (nSPS) is 12.6. The number of aliphatic hydroxyl groups is 1. The second kappa shape index (κ2) is 9.29. The molecule has 0 radical (unpaired) electrons.